The molecule has 1 aromatic rings. The average Bonchev–Trinajstić information content (AvgIpc) is 2.25. The van der Waals surface area contributed by atoms with Gasteiger partial charge in [-0.25, -0.2) is 4.79 Å². The number of hydrogen-bond acceptors (Lipinski definition) is 3. The zero-order valence-corrected chi connectivity index (χ0v) is 10.1. The second-order valence-corrected chi connectivity index (χ2v) is 4.82. The van der Waals surface area contributed by atoms with Crippen molar-refractivity contribution in [3.05, 3.63) is 29.8 Å². The number of benzene rings is 1. The molecule has 0 saturated carbocycles. The second kappa shape index (κ2) is 5.81. The number of methoxy groups -OCH3 is 1. The second-order valence-electron chi connectivity index (χ2n) is 3.72. The van der Waals surface area contributed by atoms with Crippen LogP contribution in [0.15, 0.2) is 29.2 Å². The Kier molecular flexibility index (Phi) is 4.69. The topological polar surface area (TPSA) is 26.3 Å². The summed E-state index contributed by atoms with van der Waals surface area (Å²) in [7, 11) is 1.40. The molecule has 0 N–H and O–H groups in total. The highest BCUT2D eigenvalue weighted by Gasteiger charge is 2.05. The number of rotatable bonds is 4. The van der Waals surface area contributed by atoms with Gasteiger partial charge in [-0.15, -0.1) is 11.8 Å². The fraction of sp³-hybridized carbons (Fsp3) is 0.417. The van der Waals surface area contributed by atoms with Crippen LogP contribution in [0.25, 0.3) is 0 Å². The molecule has 0 saturated heterocycles. The zero-order chi connectivity index (χ0) is 11.3. The van der Waals surface area contributed by atoms with Crippen molar-refractivity contribution < 1.29 is 9.53 Å². The lowest BCUT2D eigenvalue weighted by Crippen LogP contribution is -2.00. The first-order chi connectivity index (χ1) is 7.13. The van der Waals surface area contributed by atoms with Gasteiger partial charge in [0.05, 0.1) is 12.7 Å². The van der Waals surface area contributed by atoms with Crippen molar-refractivity contribution in [1.29, 1.82) is 0 Å². The third kappa shape index (κ3) is 3.96. The molecule has 0 radical (unpaired) electrons. The van der Waals surface area contributed by atoms with Crippen LogP contribution in [0.4, 0.5) is 0 Å². The standard InChI is InChI=1S/C12H16O2S/c1-9(2)8-15-11-6-4-5-10(7-11)12(13)14-3/h4-7,9H,8H2,1-3H3. The van der Waals surface area contributed by atoms with Crippen molar-refractivity contribution in [2.45, 2.75) is 18.7 Å². The summed E-state index contributed by atoms with van der Waals surface area (Å²) in [4.78, 5) is 12.4. The number of carbonyl (C=O) groups is 1. The number of thioether (sulfide) groups is 1. The maximum Gasteiger partial charge on any atom is 0.337 e. The van der Waals surface area contributed by atoms with E-state index in [-0.39, 0.29) is 5.97 Å². The van der Waals surface area contributed by atoms with Crippen LogP contribution in [0.1, 0.15) is 24.2 Å². The Morgan fingerprint density at radius 2 is 2.20 bits per heavy atom. The molecule has 0 aromatic heterocycles. The number of esters is 1. The summed E-state index contributed by atoms with van der Waals surface area (Å²) in [5.41, 5.74) is 0.617. The molecular formula is C12H16O2S. The number of carbonyl (C=O) groups excluding carboxylic acids is 1. The largest absolute Gasteiger partial charge is 0.465 e. The van der Waals surface area contributed by atoms with E-state index in [1.165, 1.54) is 7.11 Å². The van der Waals surface area contributed by atoms with E-state index >= 15 is 0 Å². The molecular weight excluding hydrogens is 208 g/mol. The molecule has 0 amide bonds. The van der Waals surface area contributed by atoms with Gasteiger partial charge in [-0.3, -0.25) is 0 Å². The van der Waals surface area contributed by atoms with Crippen molar-refractivity contribution in [2.24, 2.45) is 5.92 Å². The molecule has 0 aliphatic heterocycles. The molecule has 0 unspecified atom stereocenters. The minimum atomic E-state index is -0.276. The maximum atomic E-state index is 11.3. The van der Waals surface area contributed by atoms with Crippen LogP contribution in [-0.4, -0.2) is 18.8 Å². The van der Waals surface area contributed by atoms with Crippen LogP contribution in [0.3, 0.4) is 0 Å². The SMILES string of the molecule is COC(=O)c1cccc(SCC(C)C)c1. The van der Waals surface area contributed by atoms with Crippen molar-refractivity contribution in [1.82, 2.24) is 0 Å². The summed E-state index contributed by atoms with van der Waals surface area (Å²) in [5, 5.41) is 0. The van der Waals surface area contributed by atoms with Crippen molar-refractivity contribution in [3.63, 3.8) is 0 Å². The molecule has 0 spiro atoms. The highest BCUT2D eigenvalue weighted by Crippen LogP contribution is 2.21. The molecule has 0 atom stereocenters. The summed E-state index contributed by atoms with van der Waals surface area (Å²) in [6, 6.07) is 7.54. The van der Waals surface area contributed by atoms with E-state index in [0.29, 0.717) is 11.5 Å². The zero-order valence-electron chi connectivity index (χ0n) is 9.32. The van der Waals surface area contributed by atoms with Gasteiger partial charge in [0.2, 0.25) is 0 Å². The molecule has 2 nitrogen and oxygen atoms in total. The lowest BCUT2D eigenvalue weighted by atomic mass is 10.2. The van der Waals surface area contributed by atoms with Gasteiger partial charge in [0.15, 0.2) is 0 Å². The minimum Gasteiger partial charge on any atom is -0.465 e. The summed E-state index contributed by atoms with van der Waals surface area (Å²) >= 11 is 1.76. The van der Waals surface area contributed by atoms with Gasteiger partial charge in [0, 0.05) is 10.6 Å². The van der Waals surface area contributed by atoms with E-state index in [9.17, 15) is 4.79 Å². The van der Waals surface area contributed by atoms with E-state index in [0.717, 1.165) is 10.6 Å². The van der Waals surface area contributed by atoms with Gasteiger partial charge < -0.3 is 4.74 Å². The highest BCUT2D eigenvalue weighted by molar-refractivity contribution is 7.99. The molecule has 0 fully saturated rings. The Morgan fingerprint density at radius 1 is 1.47 bits per heavy atom. The predicted octanol–water partition coefficient (Wildman–Crippen LogP) is 3.22. The molecule has 0 aliphatic rings. The molecule has 1 rings (SSSR count). The Labute approximate surface area is 95.0 Å². The lowest BCUT2D eigenvalue weighted by molar-refractivity contribution is 0.0600. The third-order valence-corrected chi connectivity index (χ3v) is 3.26. The summed E-state index contributed by atoms with van der Waals surface area (Å²) in [6.45, 7) is 4.36. The Balaban J connectivity index is 2.70. The summed E-state index contributed by atoms with van der Waals surface area (Å²) in [5.74, 6) is 1.43. The Morgan fingerprint density at radius 3 is 2.80 bits per heavy atom. The first-order valence-electron chi connectivity index (χ1n) is 4.94. The van der Waals surface area contributed by atoms with Crippen LogP contribution in [-0.2, 0) is 4.74 Å². The van der Waals surface area contributed by atoms with Crippen molar-refractivity contribution in [3.8, 4) is 0 Å². The smallest absolute Gasteiger partial charge is 0.337 e. The maximum absolute atomic E-state index is 11.3. The molecule has 15 heavy (non-hydrogen) atoms. The van der Waals surface area contributed by atoms with Crippen LogP contribution >= 0.6 is 11.8 Å². The van der Waals surface area contributed by atoms with E-state index in [1.54, 1.807) is 17.8 Å². The van der Waals surface area contributed by atoms with E-state index in [2.05, 4.69) is 18.6 Å². The van der Waals surface area contributed by atoms with Crippen LogP contribution in [0.5, 0.6) is 0 Å². The lowest BCUT2D eigenvalue weighted by Gasteiger charge is -2.05. The molecule has 3 heteroatoms. The summed E-state index contributed by atoms with van der Waals surface area (Å²) in [6.07, 6.45) is 0. The quantitative estimate of drug-likeness (QED) is 0.580. The van der Waals surface area contributed by atoms with Gasteiger partial charge in [0.1, 0.15) is 0 Å². The van der Waals surface area contributed by atoms with Gasteiger partial charge in [-0.05, 0) is 24.1 Å². The Hall–Kier alpha value is -0.960. The van der Waals surface area contributed by atoms with E-state index in [1.807, 2.05) is 18.2 Å². The molecule has 0 heterocycles. The minimum absolute atomic E-state index is 0.276. The van der Waals surface area contributed by atoms with E-state index < -0.39 is 0 Å². The average molecular weight is 224 g/mol. The summed E-state index contributed by atoms with van der Waals surface area (Å²) < 4.78 is 4.67. The first kappa shape index (κ1) is 12.1. The van der Waals surface area contributed by atoms with Crippen LogP contribution in [0, 0.1) is 5.92 Å². The number of hydrogen-bond donors (Lipinski definition) is 0. The Bertz CT molecular complexity index is 334. The highest BCUT2D eigenvalue weighted by atomic mass is 32.2. The van der Waals surface area contributed by atoms with E-state index in [4.69, 9.17) is 0 Å². The van der Waals surface area contributed by atoms with Crippen LogP contribution in [0.2, 0.25) is 0 Å². The fourth-order valence-electron chi connectivity index (χ4n) is 1.09. The van der Waals surface area contributed by atoms with Crippen LogP contribution < -0.4 is 0 Å². The van der Waals surface area contributed by atoms with Gasteiger partial charge >= 0.3 is 5.97 Å². The molecule has 1 aromatic carbocycles. The number of ether oxygens (including phenoxy) is 1. The monoisotopic (exact) mass is 224 g/mol. The van der Waals surface area contributed by atoms with Gasteiger partial charge in [-0.2, -0.15) is 0 Å². The van der Waals surface area contributed by atoms with Gasteiger partial charge in [0.25, 0.3) is 0 Å². The van der Waals surface area contributed by atoms with Gasteiger partial charge in [-0.1, -0.05) is 19.9 Å². The normalized spacial score (nSPS) is 10.4. The van der Waals surface area contributed by atoms with Crippen molar-refractivity contribution in [2.75, 3.05) is 12.9 Å². The predicted molar refractivity (Wildman–Crippen MR) is 63.3 cm³/mol. The molecule has 82 valence electrons. The first-order valence-corrected chi connectivity index (χ1v) is 5.93. The van der Waals surface area contributed by atoms with Crippen molar-refractivity contribution >= 4 is 17.7 Å². The molecule has 0 bridgehead atoms. The fourth-order valence-corrected chi connectivity index (χ4v) is 2.00. The third-order valence-electron chi connectivity index (χ3n) is 1.84. The molecule has 0 aliphatic carbocycles.